The van der Waals surface area contributed by atoms with Crippen LogP contribution in [0.25, 0.3) is 0 Å². The Labute approximate surface area is 115 Å². The monoisotopic (exact) mass is 283 g/mol. The maximum absolute atomic E-state index is 11.9. The topological polar surface area (TPSA) is 46.9 Å². The minimum Gasteiger partial charge on any atom is -0.347 e. The number of aryl methyl sites for hydroxylation is 2. The SMILES string of the molecule is Cc1nn(C)c(C)c1CNC(=O)c1ccc(Cl)s1. The molecule has 0 aromatic carbocycles. The van der Waals surface area contributed by atoms with E-state index in [-0.39, 0.29) is 5.91 Å². The van der Waals surface area contributed by atoms with Crippen molar-refractivity contribution in [1.29, 1.82) is 0 Å². The molecule has 0 atom stereocenters. The number of hydrogen-bond donors (Lipinski definition) is 1. The zero-order valence-corrected chi connectivity index (χ0v) is 12.0. The van der Waals surface area contributed by atoms with E-state index in [1.807, 2.05) is 25.6 Å². The van der Waals surface area contributed by atoms with Crippen LogP contribution < -0.4 is 5.32 Å². The number of amides is 1. The Bertz CT molecular complexity index is 588. The highest BCUT2D eigenvalue weighted by molar-refractivity contribution is 7.17. The van der Waals surface area contributed by atoms with Gasteiger partial charge < -0.3 is 5.32 Å². The molecule has 18 heavy (non-hydrogen) atoms. The molecule has 0 saturated heterocycles. The van der Waals surface area contributed by atoms with Gasteiger partial charge in [-0.15, -0.1) is 11.3 Å². The molecule has 0 aliphatic heterocycles. The minimum atomic E-state index is -0.102. The molecular weight excluding hydrogens is 270 g/mol. The van der Waals surface area contributed by atoms with Gasteiger partial charge in [0.2, 0.25) is 0 Å². The van der Waals surface area contributed by atoms with E-state index in [0.29, 0.717) is 15.8 Å². The third-order valence-corrected chi connectivity index (χ3v) is 4.11. The molecule has 96 valence electrons. The Morgan fingerprint density at radius 3 is 2.72 bits per heavy atom. The number of nitrogens with one attached hydrogen (secondary N) is 1. The van der Waals surface area contributed by atoms with E-state index >= 15 is 0 Å². The Hall–Kier alpha value is -1.33. The van der Waals surface area contributed by atoms with Crippen molar-refractivity contribution in [3.8, 4) is 0 Å². The van der Waals surface area contributed by atoms with Crippen LogP contribution in [0.5, 0.6) is 0 Å². The lowest BCUT2D eigenvalue weighted by atomic mass is 10.2. The van der Waals surface area contributed by atoms with E-state index in [1.54, 1.807) is 12.1 Å². The molecule has 0 unspecified atom stereocenters. The van der Waals surface area contributed by atoms with E-state index in [9.17, 15) is 4.79 Å². The van der Waals surface area contributed by atoms with Gasteiger partial charge in [-0.3, -0.25) is 9.48 Å². The van der Waals surface area contributed by atoms with Crippen molar-refractivity contribution >= 4 is 28.8 Å². The van der Waals surface area contributed by atoms with Crippen LogP contribution >= 0.6 is 22.9 Å². The summed E-state index contributed by atoms with van der Waals surface area (Å²) in [6.45, 7) is 4.42. The van der Waals surface area contributed by atoms with Crippen LogP contribution in [-0.4, -0.2) is 15.7 Å². The van der Waals surface area contributed by atoms with Gasteiger partial charge in [-0.1, -0.05) is 11.6 Å². The molecule has 1 amide bonds. The van der Waals surface area contributed by atoms with Crippen LogP contribution in [0.15, 0.2) is 12.1 Å². The predicted molar refractivity (Wildman–Crippen MR) is 73.2 cm³/mol. The van der Waals surface area contributed by atoms with E-state index in [0.717, 1.165) is 17.0 Å². The summed E-state index contributed by atoms with van der Waals surface area (Å²) in [6.07, 6.45) is 0. The lowest BCUT2D eigenvalue weighted by molar-refractivity contribution is 0.0955. The molecule has 6 heteroatoms. The van der Waals surface area contributed by atoms with Crippen LogP contribution in [0.3, 0.4) is 0 Å². The number of aromatic nitrogens is 2. The lowest BCUT2D eigenvalue weighted by Crippen LogP contribution is -2.22. The number of halogens is 1. The van der Waals surface area contributed by atoms with Gasteiger partial charge in [0, 0.05) is 24.8 Å². The van der Waals surface area contributed by atoms with E-state index in [1.165, 1.54) is 11.3 Å². The minimum absolute atomic E-state index is 0.102. The van der Waals surface area contributed by atoms with Crippen molar-refractivity contribution in [2.75, 3.05) is 0 Å². The molecule has 2 aromatic heterocycles. The first-order valence-corrected chi connectivity index (χ1v) is 6.71. The average Bonchev–Trinajstić information content (AvgIpc) is 2.83. The van der Waals surface area contributed by atoms with Gasteiger partial charge in [0.05, 0.1) is 14.9 Å². The zero-order valence-electron chi connectivity index (χ0n) is 10.5. The number of nitrogens with zero attached hydrogens (tertiary/aromatic N) is 2. The standard InChI is InChI=1S/C12H14ClN3OS/c1-7-9(8(2)16(3)15-7)6-14-12(17)10-4-5-11(13)18-10/h4-5H,6H2,1-3H3,(H,14,17). The van der Waals surface area contributed by atoms with Crippen LogP contribution in [-0.2, 0) is 13.6 Å². The predicted octanol–water partition coefficient (Wildman–Crippen LogP) is 2.68. The number of carbonyl (C=O) groups is 1. The number of hydrogen-bond acceptors (Lipinski definition) is 3. The summed E-state index contributed by atoms with van der Waals surface area (Å²) >= 11 is 7.08. The number of carbonyl (C=O) groups excluding carboxylic acids is 1. The molecule has 1 N–H and O–H groups in total. The molecule has 2 rings (SSSR count). The van der Waals surface area contributed by atoms with E-state index < -0.39 is 0 Å². The summed E-state index contributed by atoms with van der Waals surface area (Å²) < 4.78 is 2.44. The fourth-order valence-corrected chi connectivity index (χ4v) is 2.72. The molecule has 0 spiro atoms. The molecular formula is C12H14ClN3OS. The molecule has 0 saturated carbocycles. The Morgan fingerprint density at radius 2 is 2.22 bits per heavy atom. The molecule has 0 aliphatic carbocycles. The first-order chi connectivity index (χ1) is 8.49. The first-order valence-electron chi connectivity index (χ1n) is 5.51. The van der Waals surface area contributed by atoms with Crippen LogP contribution in [0.2, 0.25) is 4.34 Å². The highest BCUT2D eigenvalue weighted by Crippen LogP contribution is 2.21. The van der Waals surface area contributed by atoms with E-state index in [4.69, 9.17) is 11.6 Å². The number of thiophene rings is 1. The van der Waals surface area contributed by atoms with Crippen LogP contribution in [0, 0.1) is 13.8 Å². The van der Waals surface area contributed by atoms with Crippen molar-refractivity contribution in [3.05, 3.63) is 38.3 Å². The van der Waals surface area contributed by atoms with Crippen molar-refractivity contribution < 1.29 is 4.79 Å². The fraction of sp³-hybridized carbons (Fsp3) is 0.333. The van der Waals surface area contributed by atoms with Crippen LogP contribution in [0.4, 0.5) is 0 Å². The third kappa shape index (κ3) is 2.57. The molecule has 0 fully saturated rings. The smallest absolute Gasteiger partial charge is 0.261 e. The van der Waals surface area contributed by atoms with Gasteiger partial charge in [0.25, 0.3) is 5.91 Å². The summed E-state index contributed by atoms with van der Waals surface area (Å²) in [6, 6.07) is 3.45. The summed E-state index contributed by atoms with van der Waals surface area (Å²) in [4.78, 5) is 12.5. The molecule has 2 heterocycles. The maximum atomic E-state index is 11.9. The molecule has 4 nitrogen and oxygen atoms in total. The van der Waals surface area contributed by atoms with Gasteiger partial charge in [0.1, 0.15) is 0 Å². The summed E-state index contributed by atoms with van der Waals surface area (Å²) in [5, 5.41) is 7.20. The second-order valence-corrected chi connectivity index (χ2v) is 5.77. The second-order valence-electron chi connectivity index (χ2n) is 4.06. The van der Waals surface area contributed by atoms with Crippen molar-refractivity contribution in [2.45, 2.75) is 20.4 Å². The Balaban J connectivity index is 2.06. The quantitative estimate of drug-likeness (QED) is 0.941. The lowest BCUT2D eigenvalue weighted by Gasteiger charge is -2.04. The van der Waals surface area contributed by atoms with Crippen molar-refractivity contribution in [2.24, 2.45) is 7.05 Å². The summed E-state index contributed by atoms with van der Waals surface area (Å²) in [5.41, 5.74) is 3.07. The van der Waals surface area contributed by atoms with Crippen molar-refractivity contribution in [1.82, 2.24) is 15.1 Å². The summed E-state index contributed by atoms with van der Waals surface area (Å²) in [7, 11) is 1.90. The highest BCUT2D eigenvalue weighted by Gasteiger charge is 2.12. The summed E-state index contributed by atoms with van der Waals surface area (Å²) in [5.74, 6) is -0.102. The van der Waals surface area contributed by atoms with Gasteiger partial charge in [-0.2, -0.15) is 5.10 Å². The number of rotatable bonds is 3. The highest BCUT2D eigenvalue weighted by atomic mass is 35.5. The van der Waals surface area contributed by atoms with Gasteiger partial charge in [0.15, 0.2) is 0 Å². The van der Waals surface area contributed by atoms with Crippen LogP contribution in [0.1, 0.15) is 26.6 Å². The normalized spacial score (nSPS) is 10.7. The van der Waals surface area contributed by atoms with Gasteiger partial charge >= 0.3 is 0 Å². The molecule has 0 radical (unpaired) electrons. The molecule has 0 bridgehead atoms. The first kappa shape index (κ1) is 13.1. The Morgan fingerprint density at radius 1 is 1.50 bits per heavy atom. The average molecular weight is 284 g/mol. The van der Waals surface area contributed by atoms with Crippen molar-refractivity contribution in [3.63, 3.8) is 0 Å². The second kappa shape index (κ2) is 5.12. The fourth-order valence-electron chi connectivity index (χ4n) is 1.77. The molecule has 0 aliphatic rings. The largest absolute Gasteiger partial charge is 0.347 e. The van der Waals surface area contributed by atoms with Gasteiger partial charge in [-0.25, -0.2) is 0 Å². The van der Waals surface area contributed by atoms with Gasteiger partial charge in [-0.05, 0) is 26.0 Å². The third-order valence-electron chi connectivity index (χ3n) is 2.88. The maximum Gasteiger partial charge on any atom is 0.261 e. The van der Waals surface area contributed by atoms with E-state index in [2.05, 4.69) is 10.4 Å². The molecule has 2 aromatic rings. The zero-order chi connectivity index (χ0) is 13.3. The Kier molecular flexibility index (Phi) is 3.73.